The average Bonchev–Trinajstić information content (AvgIpc) is 3.52. The zero-order chi connectivity index (χ0) is 29.5. The number of aliphatic hydroxyl groups is 1. The van der Waals surface area contributed by atoms with Crippen molar-refractivity contribution in [2.24, 2.45) is 0 Å². The highest BCUT2D eigenvalue weighted by molar-refractivity contribution is 6.30. The second kappa shape index (κ2) is 13.9. The first-order valence-corrected chi connectivity index (χ1v) is 14.4. The number of hydrogen-bond donors (Lipinski definition) is 1. The number of ketones is 1. The summed E-state index contributed by atoms with van der Waals surface area (Å²) < 4.78 is 25.3. The monoisotopic (exact) mass is 592 g/mol. The van der Waals surface area contributed by atoms with Gasteiger partial charge >= 0.3 is 0 Å². The van der Waals surface area contributed by atoms with E-state index in [9.17, 15) is 14.3 Å². The van der Waals surface area contributed by atoms with Crippen molar-refractivity contribution < 1.29 is 23.6 Å². The van der Waals surface area contributed by atoms with Gasteiger partial charge in [-0.2, -0.15) is 0 Å². The molecular formula is C32H34ClFN4O4. The number of rotatable bonds is 12. The van der Waals surface area contributed by atoms with Crippen LogP contribution in [-0.2, 0) is 13.2 Å². The fourth-order valence-electron chi connectivity index (χ4n) is 5.25. The molecule has 2 aromatic heterocycles. The number of aryl methyl sites for hydroxylation is 1. The molecule has 5 rings (SSSR count). The van der Waals surface area contributed by atoms with Gasteiger partial charge in [-0.25, -0.2) is 9.37 Å². The Hall–Kier alpha value is -3.79. The molecule has 0 spiro atoms. The van der Waals surface area contributed by atoms with Crippen LogP contribution in [-0.4, -0.2) is 58.7 Å². The maximum atomic E-state index is 14.1. The third-order valence-electron chi connectivity index (χ3n) is 7.68. The summed E-state index contributed by atoms with van der Waals surface area (Å²) in [5.41, 5.74) is 3.86. The average molecular weight is 593 g/mol. The molecule has 0 saturated carbocycles. The second-order valence-corrected chi connectivity index (χ2v) is 11.0. The van der Waals surface area contributed by atoms with Crippen molar-refractivity contribution >= 4 is 23.1 Å². The third kappa shape index (κ3) is 7.53. The zero-order valence-corrected chi connectivity index (χ0v) is 24.3. The van der Waals surface area contributed by atoms with Crippen LogP contribution < -0.4 is 9.64 Å². The number of nitrogens with zero attached hydrogens (tertiary/aromatic N) is 4. The highest BCUT2D eigenvalue weighted by Crippen LogP contribution is 2.29. The van der Waals surface area contributed by atoms with Gasteiger partial charge in [0, 0.05) is 58.7 Å². The third-order valence-corrected chi connectivity index (χ3v) is 7.92. The molecule has 0 aliphatic carbocycles. The van der Waals surface area contributed by atoms with E-state index in [1.165, 1.54) is 6.07 Å². The number of aliphatic hydroxyl groups excluding tert-OH is 1. The molecule has 42 heavy (non-hydrogen) atoms. The molecule has 1 N–H and O–H groups in total. The number of benzene rings is 2. The number of piperidine rings is 1. The van der Waals surface area contributed by atoms with E-state index in [4.69, 9.17) is 25.8 Å². The first kappa shape index (κ1) is 29.7. The Balaban J connectivity index is 1.19. The first-order chi connectivity index (χ1) is 20.4. The highest BCUT2D eigenvalue weighted by atomic mass is 35.5. The van der Waals surface area contributed by atoms with Crippen molar-refractivity contribution in [1.29, 1.82) is 0 Å². The number of pyridine rings is 1. The minimum Gasteiger partial charge on any atom is -0.473 e. The topological polar surface area (TPSA) is 91.9 Å². The van der Waals surface area contributed by atoms with Crippen molar-refractivity contribution in [3.05, 3.63) is 106 Å². The number of ether oxygens (including phenoxy) is 1. The van der Waals surface area contributed by atoms with E-state index in [2.05, 4.69) is 15.0 Å². The van der Waals surface area contributed by atoms with Gasteiger partial charge in [0.2, 0.25) is 5.88 Å². The van der Waals surface area contributed by atoms with Crippen LogP contribution in [0, 0.1) is 12.7 Å². The molecule has 0 atom stereocenters. The number of carbonyl (C=O) groups excluding carboxylic acids is 1. The van der Waals surface area contributed by atoms with E-state index in [-0.39, 0.29) is 12.4 Å². The maximum Gasteiger partial charge on any atom is 0.213 e. The SMILES string of the molecule is Cc1ccc(C(=O)CO)cc1N(CCN1CCC(c2cccc(OCc3ccc(Cl)cc3F)n2)CC1)Cc1ccno1. The fraction of sp³-hybridized carbons (Fsp3) is 0.344. The van der Waals surface area contributed by atoms with Crippen molar-refractivity contribution in [1.82, 2.24) is 15.0 Å². The summed E-state index contributed by atoms with van der Waals surface area (Å²) >= 11 is 5.85. The summed E-state index contributed by atoms with van der Waals surface area (Å²) in [4.78, 5) is 21.5. The van der Waals surface area contributed by atoms with Crippen molar-refractivity contribution in [2.75, 3.05) is 37.7 Å². The Kier molecular flexibility index (Phi) is 9.84. The van der Waals surface area contributed by atoms with Gasteiger partial charge in [-0.1, -0.05) is 41.0 Å². The minimum absolute atomic E-state index is 0.0824. The molecule has 1 aliphatic heterocycles. The van der Waals surface area contributed by atoms with Gasteiger partial charge in [0.1, 0.15) is 19.0 Å². The molecule has 1 fully saturated rings. The van der Waals surface area contributed by atoms with Gasteiger partial charge in [-0.05, 0) is 62.7 Å². The number of likely N-dealkylation sites (tertiary alicyclic amines) is 1. The summed E-state index contributed by atoms with van der Waals surface area (Å²) in [7, 11) is 0. The molecular weight excluding hydrogens is 559 g/mol. The molecule has 0 amide bonds. The highest BCUT2D eigenvalue weighted by Gasteiger charge is 2.23. The summed E-state index contributed by atoms with van der Waals surface area (Å²) in [6.07, 6.45) is 3.55. The van der Waals surface area contributed by atoms with Gasteiger partial charge in [0.15, 0.2) is 11.5 Å². The lowest BCUT2D eigenvalue weighted by molar-refractivity contribution is 0.0903. The quantitative estimate of drug-likeness (QED) is 0.206. The molecule has 8 nitrogen and oxygen atoms in total. The number of aromatic nitrogens is 2. The van der Waals surface area contributed by atoms with E-state index >= 15 is 0 Å². The summed E-state index contributed by atoms with van der Waals surface area (Å²) in [5, 5.41) is 13.5. The second-order valence-electron chi connectivity index (χ2n) is 10.5. The Bertz CT molecular complexity index is 1490. The minimum atomic E-state index is -0.523. The van der Waals surface area contributed by atoms with E-state index in [0.717, 1.165) is 61.7 Å². The molecule has 2 aromatic carbocycles. The molecule has 220 valence electrons. The van der Waals surface area contributed by atoms with Crippen molar-refractivity contribution in [3.63, 3.8) is 0 Å². The van der Waals surface area contributed by atoms with Crippen molar-refractivity contribution in [2.45, 2.75) is 38.8 Å². The standard InChI is InChI=1S/C32H34ClFN4O4/c1-22-5-6-24(31(40)20-39)17-30(22)38(19-27-9-12-35-42-27)16-15-37-13-10-23(11-14-37)29-3-2-4-32(36-29)41-21-25-7-8-26(33)18-28(25)34/h2-9,12,17-18,23,39H,10-11,13-16,19-21H2,1H3. The van der Waals surface area contributed by atoms with Crippen LogP contribution in [0.15, 0.2) is 71.4 Å². The molecule has 0 radical (unpaired) electrons. The summed E-state index contributed by atoms with van der Waals surface area (Å²) in [6, 6.07) is 17.6. The lowest BCUT2D eigenvalue weighted by Crippen LogP contribution is -2.39. The molecule has 10 heteroatoms. The van der Waals surface area contributed by atoms with E-state index in [1.807, 2.05) is 37.3 Å². The molecule has 1 saturated heterocycles. The van der Waals surface area contributed by atoms with Crippen LogP contribution in [0.4, 0.5) is 10.1 Å². The molecule has 0 unspecified atom stereocenters. The maximum absolute atomic E-state index is 14.1. The Labute approximate surface area is 249 Å². The Morgan fingerprint density at radius 1 is 1.17 bits per heavy atom. The van der Waals surface area contributed by atoms with Crippen LogP contribution in [0.5, 0.6) is 5.88 Å². The normalized spacial score (nSPS) is 14.2. The predicted octanol–water partition coefficient (Wildman–Crippen LogP) is 5.81. The molecule has 1 aliphatic rings. The summed E-state index contributed by atoms with van der Waals surface area (Å²) in [6.45, 7) is 5.50. The fourth-order valence-corrected chi connectivity index (χ4v) is 5.41. The number of hydrogen-bond acceptors (Lipinski definition) is 8. The summed E-state index contributed by atoms with van der Waals surface area (Å²) in [5.74, 6) is 0.819. The zero-order valence-electron chi connectivity index (χ0n) is 23.5. The van der Waals surface area contributed by atoms with Gasteiger partial charge in [0.25, 0.3) is 0 Å². The van der Waals surface area contributed by atoms with E-state index < -0.39 is 12.4 Å². The van der Waals surface area contributed by atoms with Crippen LogP contribution >= 0.6 is 11.6 Å². The number of carbonyl (C=O) groups is 1. The van der Waals surface area contributed by atoms with E-state index in [1.54, 1.807) is 30.5 Å². The number of halogens is 2. The van der Waals surface area contributed by atoms with E-state index in [0.29, 0.717) is 34.5 Å². The van der Waals surface area contributed by atoms with Crippen molar-refractivity contribution in [3.8, 4) is 5.88 Å². The number of anilines is 1. The van der Waals surface area contributed by atoms with Gasteiger partial charge < -0.3 is 24.2 Å². The van der Waals surface area contributed by atoms with Crippen LogP contribution in [0.2, 0.25) is 5.02 Å². The lowest BCUT2D eigenvalue weighted by atomic mass is 9.93. The number of Topliss-reactive ketones (excluding diaryl/α,β-unsaturated/α-hetero) is 1. The first-order valence-electron chi connectivity index (χ1n) is 14.0. The Morgan fingerprint density at radius 2 is 2.00 bits per heavy atom. The van der Waals surface area contributed by atoms with Crippen LogP contribution in [0.1, 0.15) is 51.7 Å². The Morgan fingerprint density at radius 3 is 2.74 bits per heavy atom. The predicted molar refractivity (Wildman–Crippen MR) is 159 cm³/mol. The van der Waals surface area contributed by atoms with Crippen LogP contribution in [0.3, 0.4) is 0 Å². The van der Waals surface area contributed by atoms with Gasteiger partial charge in [-0.15, -0.1) is 0 Å². The molecule has 3 heterocycles. The van der Waals surface area contributed by atoms with Crippen LogP contribution in [0.25, 0.3) is 0 Å². The van der Waals surface area contributed by atoms with Gasteiger partial charge in [-0.3, -0.25) is 4.79 Å². The largest absolute Gasteiger partial charge is 0.473 e. The smallest absolute Gasteiger partial charge is 0.213 e. The molecule has 4 aromatic rings. The van der Waals surface area contributed by atoms with Gasteiger partial charge in [0.05, 0.1) is 12.7 Å². The molecule has 0 bridgehead atoms. The lowest BCUT2D eigenvalue weighted by Gasteiger charge is -2.34.